The molecular weight excluding hydrogens is 256 g/mol. The van der Waals surface area contributed by atoms with Crippen molar-refractivity contribution in [2.45, 2.75) is 45.6 Å². The van der Waals surface area contributed by atoms with E-state index in [9.17, 15) is 9.59 Å². The number of carbonyl (C=O) groups excluding carboxylic acids is 2. The van der Waals surface area contributed by atoms with Gasteiger partial charge < -0.3 is 9.47 Å². The lowest BCUT2D eigenvalue weighted by molar-refractivity contribution is -0.154. The molecule has 0 fully saturated rings. The van der Waals surface area contributed by atoms with Crippen molar-refractivity contribution in [2.24, 2.45) is 0 Å². The summed E-state index contributed by atoms with van der Waals surface area (Å²) in [5, 5.41) is 0. The minimum atomic E-state index is -0.431. The molecule has 0 aliphatic carbocycles. The molecule has 0 aromatic heterocycles. The quantitative estimate of drug-likeness (QED) is 0.776. The van der Waals surface area contributed by atoms with E-state index in [1.54, 1.807) is 12.1 Å². The Kier molecular flexibility index (Phi) is 5.74. The molecule has 4 nitrogen and oxygen atoms in total. The summed E-state index contributed by atoms with van der Waals surface area (Å²) < 4.78 is 9.88. The van der Waals surface area contributed by atoms with Gasteiger partial charge in [-0.15, -0.1) is 0 Å². The van der Waals surface area contributed by atoms with Crippen LogP contribution in [-0.4, -0.2) is 24.6 Å². The van der Waals surface area contributed by atoms with Crippen molar-refractivity contribution in [1.82, 2.24) is 0 Å². The molecule has 0 heterocycles. The second kappa shape index (κ2) is 7.08. The van der Waals surface area contributed by atoms with Gasteiger partial charge in [0, 0.05) is 6.42 Å². The fourth-order valence-corrected chi connectivity index (χ4v) is 1.75. The summed E-state index contributed by atoms with van der Waals surface area (Å²) in [5.41, 5.74) is 1.18. The molecule has 4 heteroatoms. The number of esters is 2. The van der Waals surface area contributed by atoms with Crippen LogP contribution in [0.5, 0.6) is 0 Å². The van der Waals surface area contributed by atoms with Crippen LogP contribution < -0.4 is 0 Å². The molecule has 20 heavy (non-hydrogen) atoms. The third-order valence-electron chi connectivity index (χ3n) is 2.64. The molecule has 110 valence electrons. The molecule has 0 radical (unpaired) electrons. The predicted molar refractivity (Wildman–Crippen MR) is 76.6 cm³/mol. The van der Waals surface area contributed by atoms with Crippen molar-refractivity contribution >= 4 is 11.9 Å². The molecule has 0 aliphatic heterocycles. The maximum atomic E-state index is 11.5. The molecule has 1 rings (SSSR count). The van der Waals surface area contributed by atoms with Gasteiger partial charge >= 0.3 is 11.9 Å². The molecule has 0 saturated carbocycles. The van der Waals surface area contributed by atoms with Gasteiger partial charge in [0.25, 0.3) is 0 Å². The third kappa shape index (κ3) is 5.87. The van der Waals surface area contributed by atoms with E-state index in [2.05, 4.69) is 4.74 Å². The highest BCUT2D eigenvalue weighted by atomic mass is 16.6. The number of rotatable bonds is 5. The predicted octanol–water partition coefficient (Wildman–Crippen LogP) is 3.14. The van der Waals surface area contributed by atoms with Crippen molar-refractivity contribution in [3.8, 4) is 0 Å². The number of benzene rings is 1. The molecule has 1 aromatic carbocycles. The number of aryl methyl sites for hydroxylation is 1. The zero-order valence-electron chi connectivity index (χ0n) is 12.6. The van der Waals surface area contributed by atoms with Gasteiger partial charge in [-0.3, -0.25) is 4.79 Å². The third-order valence-corrected chi connectivity index (χ3v) is 2.64. The number of hydrogen-bond donors (Lipinski definition) is 0. The summed E-state index contributed by atoms with van der Waals surface area (Å²) in [6.07, 6.45) is 1.91. The second-order valence-electron chi connectivity index (χ2n) is 5.63. The summed E-state index contributed by atoms with van der Waals surface area (Å²) in [6, 6.07) is 7.21. The highest BCUT2D eigenvalue weighted by Crippen LogP contribution is 2.12. The van der Waals surface area contributed by atoms with Crippen molar-refractivity contribution in [3.05, 3.63) is 35.4 Å². The van der Waals surface area contributed by atoms with Crippen molar-refractivity contribution < 1.29 is 19.1 Å². The van der Waals surface area contributed by atoms with Gasteiger partial charge in [-0.05, 0) is 51.3 Å². The first kappa shape index (κ1) is 16.2. The van der Waals surface area contributed by atoms with E-state index in [1.807, 2.05) is 32.9 Å². The van der Waals surface area contributed by atoms with Crippen LogP contribution in [0.4, 0.5) is 0 Å². The number of ether oxygens (including phenoxy) is 2. The Bertz CT molecular complexity index is 454. The molecule has 0 unspecified atom stereocenters. The van der Waals surface area contributed by atoms with Crippen molar-refractivity contribution in [2.75, 3.05) is 7.11 Å². The maximum absolute atomic E-state index is 11.5. The molecule has 0 spiro atoms. The van der Waals surface area contributed by atoms with E-state index in [4.69, 9.17) is 4.74 Å². The first-order chi connectivity index (χ1) is 9.31. The van der Waals surface area contributed by atoms with Gasteiger partial charge in [-0.2, -0.15) is 0 Å². The second-order valence-corrected chi connectivity index (χ2v) is 5.63. The number of carbonyl (C=O) groups is 2. The topological polar surface area (TPSA) is 52.6 Å². The first-order valence-electron chi connectivity index (χ1n) is 6.71. The standard InChI is InChI=1S/C16H22O4/c1-16(2,3)20-14(17)7-5-6-12-8-10-13(11-9-12)15(18)19-4/h8-11H,5-7H2,1-4H3. The minimum Gasteiger partial charge on any atom is -0.465 e. The fraction of sp³-hybridized carbons (Fsp3) is 0.500. The van der Waals surface area contributed by atoms with Crippen LogP contribution in [0.15, 0.2) is 24.3 Å². The Morgan fingerprint density at radius 3 is 2.20 bits per heavy atom. The zero-order chi connectivity index (χ0) is 15.2. The van der Waals surface area contributed by atoms with Gasteiger partial charge in [0.05, 0.1) is 12.7 Å². The summed E-state index contributed by atoms with van der Waals surface area (Å²) in [6.45, 7) is 5.57. The first-order valence-corrected chi connectivity index (χ1v) is 6.71. The van der Waals surface area contributed by atoms with Crippen LogP contribution in [0.3, 0.4) is 0 Å². The van der Waals surface area contributed by atoms with Crippen molar-refractivity contribution in [3.63, 3.8) is 0 Å². The Labute approximate surface area is 120 Å². The van der Waals surface area contributed by atoms with Gasteiger partial charge in [-0.25, -0.2) is 4.79 Å². The molecule has 0 bridgehead atoms. The van der Waals surface area contributed by atoms with E-state index < -0.39 is 5.60 Å². The average Bonchev–Trinajstić information content (AvgIpc) is 2.36. The highest BCUT2D eigenvalue weighted by molar-refractivity contribution is 5.89. The summed E-state index contributed by atoms with van der Waals surface area (Å²) in [5.74, 6) is -0.519. The van der Waals surface area contributed by atoms with Gasteiger partial charge in [0.2, 0.25) is 0 Å². The zero-order valence-corrected chi connectivity index (χ0v) is 12.6. The lowest BCUT2D eigenvalue weighted by Crippen LogP contribution is -2.23. The van der Waals surface area contributed by atoms with Crippen LogP contribution >= 0.6 is 0 Å². The monoisotopic (exact) mass is 278 g/mol. The van der Waals surface area contributed by atoms with Crippen LogP contribution in [0.25, 0.3) is 0 Å². The fourth-order valence-electron chi connectivity index (χ4n) is 1.75. The lowest BCUT2D eigenvalue weighted by Gasteiger charge is -2.19. The highest BCUT2D eigenvalue weighted by Gasteiger charge is 2.15. The van der Waals surface area contributed by atoms with Crippen LogP contribution in [-0.2, 0) is 20.7 Å². The average molecular weight is 278 g/mol. The number of hydrogen-bond acceptors (Lipinski definition) is 4. The van der Waals surface area contributed by atoms with Crippen LogP contribution in [0.1, 0.15) is 49.5 Å². The van der Waals surface area contributed by atoms with Crippen LogP contribution in [0, 0.1) is 0 Å². The number of methoxy groups -OCH3 is 1. The largest absolute Gasteiger partial charge is 0.465 e. The smallest absolute Gasteiger partial charge is 0.337 e. The molecule has 0 saturated heterocycles. The van der Waals surface area contributed by atoms with E-state index in [0.717, 1.165) is 18.4 Å². The molecule has 1 aromatic rings. The summed E-state index contributed by atoms with van der Waals surface area (Å²) in [7, 11) is 1.36. The molecule has 0 amide bonds. The normalized spacial score (nSPS) is 11.0. The molecular formula is C16H22O4. The van der Waals surface area contributed by atoms with Gasteiger partial charge in [0.15, 0.2) is 0 Å². The maximum Gasteiger partial charge on any atom is 0.337 e. The van der Waals surface area contributed by atoms with E-state index in [1.165, 1.54) is 7.11 Å². The van der Waals surface area contributed by atoms with Crippen LogP contribution in [0.2, 0.25) is 0 Å². The Balaban J connectivity index is 2.39. The molecule has 0 atom stereocenters. The van der Waals surface area contributed by atoms with E-state index in [-0.39, 0.29) is 11.9 Å². The summed E-state index contributed by atoms with van der Waals surface area (Å²) in [4.78, 5) is 22.8. The van der Waals surface area contributed by atoms with E-state index in [0.29, 0.717) is 12.0 Å². The Morgan fingerprint density at radius 2 is 1.70 bits per heavy atom. The Morgan fingerprint density at radius 1 is 1.10 bits per heavy atom. The SMILES string of the molecule is COC(=O)c1ccc(CCCC(=O)OC(C)(C)C)cc1. The van der Waals surface area contributed by atoms with Gasteiger partial charge in [-0.1, -0.05) is 12.1 Å². The van der Waals surface area contributed by atoms with E-state index >= 15 is 0 Å². The Hall–Kier alpha value is -1.84. The minimum absolute atomic E-state index is 0.177. The lowest BCUT2D eigenvalue weighted by atomic mass is 10.1. The van der Waals surface area contributed by atoms with Gasteiger partial charge in [0.1, 0.15) is 5.60 Å². The van der Waals surface area contributed by atoms with Crippen molar-refractivity contribution in [1.29, 1.82) is 0 Å². The molecule has 0 N–H and O–H groups in total. The molecule has 0 aliphatic rings. The summed E-state index contributed by atoms with van der Waals surface area (Å²) >= 11 is 0.